The summed E-state index contributed by atoms with van der Waals surface area (Å²) in [4.78, 5) is 24.4. The number of rotatable bonds is 0. The van der Waals surface area contributed by atoms with Crippen LogP contribution in [0.3, 0.4) is 0 Å². The van der Waals surface area contributed by atoms with Crippen molar-refractivity contribution in [3.8, 4) is 0 Å². The third-order valence-corrected chi connectivity index (χ3v) is 2.81. The molecule has 0 radical (unpaired) electrons. The van der Waals surface area contributed by atoms with Gasteiger partial charge in [0.1, 0.15) is 0 Å². The van der Waals surface area contributed by atoms with E-state index in [4.69, 9.17) is 34.8 Å². The van der Waals surface area contributed by atoms with Crippen molar-refractivity contribution in [3.05, 3.63) is 15.6 Å². The third kappa shape index (κ3) is 4.81. The van der Waals surface area contributed by atoms with Gasteiger partial charge >= 0.3 is 0 Å². The first-order chi connectivity index (χ1) is 8.40. The summed E-state index contributed by atoms with van der Waals surface area (Å²) >= 11 is 18.9. The Hall–Kier alpha value is -0.830. The van der Waals surface area contributed by atoms with E-state index in [9.17, 15) is 9.59 Å². The van der Waals surface area contributed by atoms with Crippen LogP contribution >= 0.6 is 50.7 Å². The number of hydrogen-bond acceptors (Lipinski definition) is 6. The SMILES string of the molecule is Clc1nnc(Cl)c(Cl)n1.O=C1CC(=O)C(Br)=NN1. The number of hydrazone groups is 1. The average Bonchev–Trinajstić information content (AvgIpc) is 2.30. The van der Waals surface area contributed by atoms with Crippen molar-refractivity contribution in [3.63, 3.8) is 0 Å². The zero-order valence-electron chi connectivity index (χ0n) is 8.32. The van der Waals surface area contributed by atoms with E-state index in [1.165, 1.54) is 0 Å². The highest BCUT2D eigenvalue weighted by Crippen LogP contribution is 2.15. The maximum atomic E-state index is 10.6. The van der Waals surface area contributed by atoms with E-state index in [2.05, 4.69) is 41.6 Å². The highest BCUT2D eigenvalue weighted by atomic mass is 79.9. The molecular formula is C7H3BrCl3N5O2. The average molecular weight is 375 g/mol. The molecule has 0 aliphatic carbocycles. The number of halogens is 4. The van der Waals surface area contributed by atoms with Crippen molar-refractivity contribution in [1.29, 1.82) is 0 Å². The van der Waals surface area contributed by atoms with Crippen LogP contribution in [-0.2, 0) is 9.59 Å². The van der Waals surface area contributed by atoms with Crippen molar-refractivity contribution in [2.24, 2.45) is 5.10 Å². The molecule has 0 atom stereocenters. The Balaban J connectivity index is 0.000000180. The quantitative estimate of drug-likeness (QED) is 0.695. The molecule has 2 heterocycles. The van der Waals surface area contributed by atoms with Gasteiger partial charge in [0.25, 0.3) is 0 Å². The van der Waals surface area contributed by atoms with Crippen LogP contribution in [0.15, 0.2) is 5.10 Å². The van der Waals surface area contributed by atoms with Crippen molar-refractivity contribution in [2.45, 2.75) is 6.42 Å². The number of ketones is 1. The number of nitrogens with zero attached hydrogens (tertiary/aromatic N) is 4. The molecule has 1 aromatic rings. The first kappa shape index (κ1) is 15.2. The summed E-state index contributed by atoms with van der Waals surface area (Å²) < 4.78 is 0.183. The molecule has 0 unspecified atom stereocenters. The number of hydrogen-bond donors (Lipinski definition) is 1. The standard InChI is InChI=1S/C4H3BrN2O2.C3Cl3N3/c5-4-2(8)1-3(9)6-7-4;4-1-2(5)8-9-3(6)7-1/h1H2,(H,6,9);. The molecule has 18 heavy (non-hydrogen) atoms. The van der Waals surface area contributed by atoms with Gasteiger partial charge in [-0.3, -0.25) is 9.59 Å². The monoisotopic (exact) mass is 373 g/mol. The van der Waals surface area contributed by atoms with Crippen molar-refractivity contribution >= 4 is 67.0 Å². The van der Waals surface area contributed by atoms with Gasteiger partial charge in [0.15, 0.2) is 20.7 Å². The molecule has 96 valence electrons. The van der Waals surface area contributed by atoms with Gasteiger partial charge in [-0.2, -0.15) is 5.10 Å². The second kappa shape index (κ2) is 6.93. The van der Waals surface area contributed by atoms with Gasteiger partial charge in [-0.15, -0.1) is 10.2 Å². The van der Waals surface area contributed by atoms with Crippen molar-refractivity contribution in [2.75, 3.05) is 0 Å². The second-order valence-corrected chi connectivity index (χ2v) is 4.51. The van der Waals surface area contributed by atoms with Crippen LogP contribution in [0.5, 0.6) is 0 Å². The lowest BCUT2D eigenvalue weighted by Gasteiger charge is -2.03. The lowest BCUT2D eigenvalue weighted by molar-refractivity contribution is -0.126. The Morgan fingerprint density at radius 1 is 1.11 bits per heavy atom. The summed E-state index contributed by atoms with van der Waals surface area (Å²) in [7, 11) is 0. The topological polar surface area (TPSA) is 97.2 Å². The predicted octanol–water partition coefficient (Wildman–Crippen LogP) is 1.62. The van der Waals surface area contributed by atoms with Crippen molar-refractivity contribution < 1.29 is 9.59 Å². The van der Waals surface area contributed by atoms with Crippen LogP contribution in [-0.4, -0.2) is 31.5 Å². The summed E-state index contributed by atoms with van der Waals surface area (Å²) in [6.07, 6.45) is -0.107. The normalized spacial score (nSPS) is 14.3. The molecule has 1 aromatic heterocycles. The van der Waals surface area contributed by atoms with Crippen LogP contribution < -0.4 is 5.43 Å². The van der Waals surface area contributed by atoms with Crippen LogP contribution in [0.4, 0.5) is 0 Å². The summed E-state index contributed by atoms with van der Waals surface area (Å²) in [6, 6.07) is 0. The van der Waals surface area contributed by atoms with Crippen LogP contribution in [0.25, 0.3) is 0 Å². The molecular weight excluding hydrogens is 372 g/mol. The van der Waals surface area contributed by atoms with Crippen LogP contribution in [0.1, 0.15) is 6.42 Å². The minimum atomic E-state index is -0.358. The number of nitrogens with one attached hydrogen (secondary N) is 1. The van der Waals surface area contributed by atoms with Gasteiger partial charge in [-0.1, -0.05) is 23.2 Å². The third-order valence-electron chi connectivity index (χ3n) is 1.41. The van der Waals surface area contributed by atoms with E-state index >= 15 is 0 Å². The molecule has 1 N–H and O–H groups in total. The maximum Gasteiger partial charge on any atom is 0.248 e. The number of amides is 1. The van der Waals surface area contributed by atoms with Gasteiger partial charge in [-0.25, -0.2) is 10.4 Å². The molecule has 0 bridgehead atoms. The largest absolute Gasteiger partial charge is 0.291 e. The molecule has 0 fully saturated rings. The molecule has 1 aliphatic heterocycles. The second-order valence-electron chi connectivity index (χ2n) is 2.70. The van der Waals surface area contributed by atoms with E-state index in [0.717, 1.165) is 0 Å². The lowest BCUT2D eigenvalue weighted by atomic mass is 10.3. The molecule has 11 heteroatoms. The van der Waals surface area contributed by atoms with Crippen molar-refractivity contribution in [1.82, 2.24) is 20.6 Å². The highest BCUT2D eigenvalue weighted by molar-refractivity contribution is 9.19. The van der Waals surface area contributed by atoms with E-state index < -0.39 is 0 Å². The zero-order valence-corrected chi connectivity index (χ0v) is 12.2. The minimum Gasteiger partial charge on any atom is -0.291 e. The Labute approximate surface area is 124 Å². The molecule has 0 saturated carbocycles. The fourth-order valence-corrected chi connectivity index (χ4v) is 1.30. The molecule has 2 rings (SSSR count). The first-order valence-corrected chi connectivity index (χ1v) is 6.09. The Morgan fingerprint density at radius 3 is 2.22 bits per heavy atom. The Morgan fingerprint density at radius 2 is 1.78 bits per heavy atom. The Bertz CT molecular complexity index is 524. The van der Waals surface area contributed by atoms with Gasteiger partial charge in [0, 0.05) is 0 Å². The minimum absolute atomic E-state index is 0.00981. The maximum absolute atomic E-state index is 10.6. The van der Waals surface area contributed by atoms with Crippen LogP contribution in [0.2, 0.25) is 15.6 Å². The molecule has 0 saturated heterocycles. The molecule has 1 amide bonds. The zero-order chi connectivity index (χ0) is 13.7. The summed E-state index contributed by atoms with van der Waals surface area (Å²) in [6.45, 7) is 0. The molecule has 7 nitrogen and oxygen atoms in total. The van der Waals surface area contributed by atoms with Crippen LogP contribution in [0, 0.1) is 0 Å². The van der Waals surface area contributed by atoms with E-state index in [1.807, 2.05) is 0 Å². The number of Topliss-reactive ketones (excluding diaryl/α,β-unsaturated/α-hetero) is 1. The number of carbonyl (C=O) groups excluding carboxylic acids is 2. The smallest absolute Gasteiger partial charge is 0.248 e. The lowest BCUT2D eigenvalue weighted by Crippen LogP contribution is -2.30. The van der Waals surface area contributed by atoms with Gasteiger partial charge in [-0.05, 0) is 27.5 Å². The summed E-state index contributed by atoms with van der Waals surface area (Å²) in [5.41, 5.74) is 2.14. The van der Waals surface area contributed by atoms with Gasteiger partial charge < -0.3 is 0 Å². The fourth-order valence-electron chi connectivity index (χ4n) is 0.708. The Kier molecular flexibility index (Phi) is 5.86. The molecule has 0 spiro atoms. The number of aromatic nitrogens is 3. The fraction of sp³-hybridized carbons (Fsp3) is 0.143. The summed E-state index contributed by atoms with van der Waals surface area (Å²) in [5.74, 6) is -0.637. The molecule has 1 aliphatic rings. The van der Waals surface area contributed by atoms with E-state index in [1.54, 1.807) is 0 Å². The number of carbonyl (C=O) groups is 2. The van der Waals surface area contributed by atoms with E-state index in [0.29, 0.717) is 0 Å². The van der Waals surface area contributed by atoms with Gasteiger partial charge in [0.2, 0.25) is 11.2 Å². The van der Waals surface area contributed by atoms with Gasteiger partial charge in [0.05, 0.1) is 6.42 Å². The predicted molar refractivity (Wildman–Crippen MR) is 69.0 cm³/mol. The first-order valence-electron chi connectivity index (χ1n) is 4.16. The van der Waals surface area contributed by atoms with E-state index in [-0.39, 0.29) is 38.3 Å². The highest BCUT2D eigenvalue weighted by Gasteiger charge is 2.17. The summed E-state index contributed by atoms with van der Waals surface area (Å²) in [5, 5.41) is 10.2. The molecule has 0 aromatic carbocycles.